The van der Waals surface area contributed by atoms with Gasteiger partial charge in [0.25, 0.3) is 0 Å². The Hall–Kier alpha value is -2.34. The third-order valence-electron chi connectivity index (χ3n) is 2.24. The van der Waals surface area contributed by atoms with Crippen LogP contribution in [-0.2, 0) is 0 Å². The molecule has 2 rings (SSSR count). The lowest BCUT2D eigenvalue weighted by Gasteiger charge is -1.97. The van der Waals surface area contributed by atoms with Gasteiger partial charge in [0.2, 0.25) is 0 Å². The largest absolute Gasteiger partial charge is 0.383 e. The molecule has 0 amide bonds. The molecule has 0 bridgehead atoms. The Morgan fingerprint density at radius 3 is 2.59 bits per heavy atom. The molecule has 84 valence electrons. The zero-order valence-corrected chi connectivity index (χ0v) is 9.37. The first-order valence-electron chi connectivity index (χ1n) is 5.15. The van der Waals surface area contributed by atoms with Gasteiger partial charge in [0.05, 0.1) is 5.56 Å². The lowest BCUT2D eigenvalue weighted by Crippen LogP contribution is -1.94. The van der Waals surface area contributed by atoms with Crippen LogP contribution in [0.4, 0.5) is 10.2 Å². The minimum absolute atomic E-state index is 0.271. The topological polar surface area (TPSA) is 38.9 Å². The van der Waals surface area contributed by atoms with E-state index in [1.165, 1.54) is 12.1 Å². The number of hydrogen-bond donors (Lipinski definition) is 1. The Morgan fingerprint density at radius 2 is 1.88 bits per heavy atom. The number of nitrogen functional groups attached to an aromatic ring is 1. The smallest absolute Gasteiger partial charge is 0.139 e. The maximum atomic E-state index is 12.7. The summed E-state index contributed by atoms with van der Waals surface area (Å²) in [6, 6.07) is 7.88. The van der Waals surface area contributed by atoms with E-state index in [4.69, 9.17) is 5.73 Å². The Balaban J connectivity index is 2.32. The molecule has 0 fully saturated rings. The van der Waals surface area contributed by atoms with Crippen molar-refractivity contribution in [3.05, 3.63) is 59.0 Å². The average Bonchev–Trinajstić information content (AvgIpc) is 2.32. The van der Waals surface area contributed by atoms with Gasteiger partial charge in [-0.25, -0.2) is 9.37 Å². The molecule has 0 saturated carbocycles. The molecule has 0 aliphatic rings. The van der Waals surface area contributed by atoms with Gasteiger partial charge in [-0.05, 0) is 42.8 Å². The lowest BCUT2D eigenvalue weighted by atomic mass is 10.1. The van der Waals surface area contributed by atoms with E-state index in [-0.39, 0.29) is 5.82 Å². The van der Waals surface area contributed by atoms with Crippen molar-refractivity contribution in [2.24, 2.45) is 0 Å². The second kappa shape index (κ2) is 4.67. The summed E-state index contributed by atoms with van der Waals surface area (Å²) in [7, 11) is 0. The first-order valence-corrected chi connectivity index (χ1v) is 5.15. The van der Waals surface area contributed by atoms with Gasteiger partial charge in [-0.3, -0.25) is 0 Å². The molecular weight excluding hydrogens is 215 g/mol. The fraction of sp³-hybridized carbons (Fsp3) is 0.0714. The van der Waals surface area contributed by atoms with E-state index in [1.54, 1.807) is 18.3 Å². The van der Waals surface area contributed by atoms with Crippen molar-refractivity contribution < 1.29 is 4.39 Å². The van der Waals surface area contributed by atoms with Crippen molar-refractivity contribution in [3.63, 3.8) is 0 Å². The lowest BCUT2D eigenvalue weighted by molar-refractivity contribution is 0.627. The molecule has 0 saturated heterocycles. The van der Waals surface area contributed by atoms with Gasteiger partial charge in [0.1, 0.15) is 11.6 Å². The summed E-state index contributed by atoms with van der Waals surface area (Å²) in [5.74, 6) is 5.99. The number of nitrogens with two attached hydrogens (primary N) is 1. The van der Waals surface area contributed by atoms with Crippen LogP contribution in [-0.4, -0.2) is 4.98 Å². The number of benzene rings is 1. The number of nitrogens with zero attached hydrogens (tertiary/aromatic N) is 1. The molecule has 3 heteroatoms. The maximum Gasteiger partial charge on any atom is 0.139 e. The minimum atomic E-state index is -0.271. The standard InChI is InChI=1S/C14H11FN2/c1-10-8-12(14(16)17-9-10)5-2-11-3-6-13(15)7-4-11/h3-4,6-9H,1H3,(H2,16,17). The van der Waals surface area contributed by atoms with Crippen molar-refractivity contribution in [2.75, 3.05) is 5.73 Å². The summed E-state index contributed by atoms with van der Waals surface area (Å²) in [4.78, 5) is 4.02. The van der Waals surface area contributed by atoms with Gasteiger partial charge >= 0.3 is 0 Å². The first-order chi connectivity index (χ1) is 8.15. The van der Waals surface area contributed by atoms with E-state index in [0.29, 0.717) is 11.4 Å². The molecule has 1 aromatic heterocycles. The van der Waals surface area contributed by atoms with Gasteiger partial charge < -0.3 is 5.73 Å². The zero-order chi connectivity index (χ0) is 12.3. The molecule has 2 N–H and O–H groups in total. The summed E-state index contributed by atoms with van der Waals surface area (Å²) in [5.41, 5.74) is 8.14. The van der Waals surface area contributed by atoms with E-state index in [0.717, 1.165) is 11.1 Å². The summed E-state index contributed by atoms with van der Waals surface area (Å²) in [6.07, 6.45) is 1.69. The number of pyridine rings is 1. The second-order valence-corrected chi connectivity index (χ2v) is 3.70. The summed E-state index contributed by atoms with van der Waals surface area (Å²) in [6.45, 7) is 1.93. The highest BCUT2D eigenvalue weighted by molar-refractivity contribution is 5.54. The molecule has 17 heavy (non-hydrogen) atoms. The Bertz CT molecular complexity index is 592. The zero-order valence-electron chi connectivity index (χ0n) is 9.37. The quantitative estimate of drug-likeness (QED) is 0.701. The Labute approximate surface area is 99.3 Å². The van der Waals surface area contributed by atoms with E-state index in [2.05, 4.69) is 16.8 Å². The van der Waals surface area contributed by atoms with Gasteiger partial charge in [-0.2, -0.15) is 0 Å². The van der Waals surface area contributed by atoms with Crippen LogP contribution in [0.25, 0.3) is 0 Å². The molecule has 0 aliphatic carbocycles. The van der Waals surface area contributed by atoms with E-state index in [1.807, 2.05) is 13.0 Å². The van der Waals surface area contributed by atoms with Crippen molar-refractivity contribution in [2.45, 2.75) is 6.92 Å². The Kier molecular flexibility index (Phi) is 3.06. The number of aromatic nitrogens is 1. The van der Waals surface area contributed by atoms with Crippen LogP contribution >= 0.6 is 0 Å². The fourth-order valence-corrected chi connectivity index (χ4v) is 1.35. The SMILES string of the molecule is Cc1cnc(N)c(C#Cc2ccc(F)cc2)c1. The molecule has 0 spiro atoms. The van der Waals surface area contributed by atoms with E-state index in [9.17, 15) is 4.39 Å². The van der Waals surface area contributed by atoms with Gasteiger partial charge in [0, 0.05) is 11.8 Å². The summed E-state index contributed by atoms with van der Waals surface area (Å²) >= 11 is 0. The van der Waals surface area contributed by atoms with Crippen molar-refractivity contribution in [1.82, 2.24) is 4.98 Å². The Morgan fingerprint density at radius 1 is 1.18 bits per heavy atom. The van der Waals surface area contributed by atoms with Crippen LogP contribution in [0, 0.1) is 24.6 Å². The van der Waals surface area contributed by atoms with Gasteiger partial charge in [-0.15, -0.1) is 0 Å². The van der Waals surface area contributed by atoms with E-state index < -0.39 is 0 Å². The number of anilines is 1. The predicted molar refractivity (Wildman–Crippen MR) is 65.8 cm³/mol. The third kappa shape index (κ3) is 2.82. The third-order valence-corrected chi connectivity index (χ3v) is 2.24. The highest BCUT2D eigenvalue weighted by Gasteiger charge is 1.96. The fourth-order valence-electron chi connectivity index (χ4n) is 1.35. The number of rotatable bonds is 0. The van der Waals surface area contributed by atoms with Crippen molar-refractivity contribution in [1.29, 1.82) is 0 Å². The molecule has 1 heterocycles. The second-order valence-electron chi connectivity index (χ2n) is 3.70. The minimum Gasteiger partial charge on any atom is -0.383 e. The van der Waals surface area contributed by atoms with Gasteiger partial charge in [-0.1, -0.05) is 11.8 Å². The van der Waals surface area contributed by atoms with Crippen LogP contribution < -0.4 is 5.73 Å². The molecule has 0 aliphatic heterocycles. The summed E-state index contributed by atoms with van der Waals surface area (Å²) in [5, 5.41) is 0. The number of aryl methyl sites for hydroxylation is 1. The average molecular weight is 226 g/mol. The number of halogens is 1. The maximum absolute atomic E-state index is 12.7. The molecule has 0 unspecified atom stereocenters. The van der Waals surface area contributed by atoms with E-state index >= 15 is 0 Å². The monoisotopic (exact) mass is 226 g/mol. The van der Waals surface area contributed by atoms with Crippen LogP contribution in [0.3, 0.4) is 0 Å². The van der Waals surface area contributed by atoms with Crippen molar-refractivity contribution in [3.8, 4) is 11.8 Å². The van der Waals surface area contributed by atoms with Crippen molar-refractivity contribution >= 4 is 5.82 Å². The molecular formula is C14H11FN2. The molecule has 1 aromatic carbocycles. The normalized spacial score (nSPS) is 9.53. The van der Waals surface area contributed by atoms with Crippen LogP contribution in [0.1, 0.15) is 16.7 Å². The van der Waals surface area contributed by atoms with Crippen LogP contribution in [0.5, 0.6) is 0 Å². The molecule has 0 radical (unpaired) electrons. The highest BCUT2D eigenvalue weighted by Crippen LogP contribution is 2.09. The molecule has 2 nitrogen and oxygen atoms in total. The molecule has 0 atom stereocenters. The first kappa shape index (κ1) is 11.2. The van der Waals surface area contributed by atoms with Crippen LogP contribution in [0.2, 0.25) is 0 Å². The summed E-state index contributed by atoms with van der Waals surface area (Å²) < 4.78 is 12.7. The highest BCUT2D eigenvalue weighted by atomic mass is 19.1. The molecule has 2 aromatic rings. The van der Waals surface area contributed by atoms with Gasteiger partial charge in [0.15, 0.2) is 0 Å². The predicted octanol–water partition coefficient (Wildman–Crippen LogP) is 2.51. The number of hydrogen-bond acceptors (Lipinski definition) is 2. The van der Waals surface area contributed by atoms with Crippen LogP contribution in [0.15, 0.2) is 36.5 Å².